The Labute approximate surface area is 174 Å². The standard InChI is InChI=1S/C23H24N4O3/c1-29-18-11-10-15(22(26-18)30-2)14-8-5-9-16-20(24)19-17(25-21(14)16)12-27(23(19)28)13-6-3-4-7-13/h5,8-13,28H,3-4,6-7,24H2,1-2H3. The molecule has 5 rings (SSSR count). The molecule has 0 unspecified atom stereocenters. The predicted octanol–water partition coefficient (Wildman–Crippen LogP) is 4.67. The summed E-state index contributed by atoms with van der Waals surface area (Å²) < 4.78 is 12.7. The minimum absolute atomic E-state index is 0.206. The van der Waals surface area contributed by atoms with Crippen molar-refractivity contribution in [3.8, 4) is 28.8 Å². The number of nitrogens with two attached hydrogens (primary N) is 1. The van der Waals surface area contributed by atoms with Gasteiger partial charge in [0.1, 0.15) is 0 Å². The Morgan fingerprint density at radius 1 is 1.03 bits per heavy atom. The lowest BCUT2D eigenvalue weighted by Gasteiger charge is -2.13. The number of ether oxygens (including phenoxy) is 2. The van der Waals surface area contributed by atoms with Crippen LogP contribution in [0.2, 0.25) is 0 Å². The molecule has 0 spiro atoms. The Balaban J connectivity index is 1.77. The highest BCUT2D eigenvalue weighted by Gasteiger charge is 2.24. The minimum atomic E-state index is 0.206. The van der Waals surface area contributed by atoms with Gasteiger partial charge in [0.15, 0.2) is 0 Å². The highest BCUT2D eigenvalue weighted by Crippen LogP contribution is 2.43. The molecule has 1 fully saturated rings. The molecule has 7 nitrogen and oxygen atoms in total. The molecule has 154 valence electrons. The summed E-state index contributed by atoms with van der Waals surface area (Å²) in [5.74, 6) is 1.14. The summed E-state index contributed by atoms with van der Waals surface area (Å²) in [5.41, 5.74) is 10.2. The number of methoxy groups -OCH3 is 2. The molecule has 3 aromatic heterocycles. The van der Waals surface area contributed by atoms with Crippen LogP contribution in [0, 0.1) is 0 Å². The van der Waals surface area contributed by atoms with Gasteiger partial charge in [-0.05, 0) is 18.9 Å². The zero-order valence-electron chi connectivity index (χ0n) is 17.1. The Kier molecular flexibility index (Phi) is 4.38. The molecule has 1 saturated carbocycles. The fourth-order valence-corrected chi connectivity index (χ4v) is 4.56. The van der Waals surface area contributed by atoms with E-state index in [0.717, 1.165) is 34.9 Å². The number of hydrogen-bond acceptors (Lipinski definition) is 6. The van der Waals surface area contributed by atoms with E-state index in [2.05, 4.69) is 4.98 Å². The van der Waals surface area contributed by atoms with Crippen molar-refractivity contribution >= 4 is 27.5 Å². The summed E-state index contributed by atoms with van der Waals surface area (Å²) in [6, 6.07) is 9.82. The summed E-state index contributed by atoms with van der Waals surface area (Å²) >= 11 is 0. The molecule has 0 saturated heterocycles. The van der Waals surface area contributed by atoms with Crippen LogP contribution in [0.1, 0.15) is 31.7 Å². The third-order valence-corrected chi connectivity index (χ3v) is 6.06. The number of nitrogen functional groups attached to an aromatic ring is 1. The first-order valence-corrected chi connectivity index (χ1v) is 10.1. The van der Waals surface area contributed by atoms with Gasteiger partial charge in [0.2, 0.25) is 17.6 Å². The normalized spacial score (nSPS) is 14.6. The Morgan fingerprint density at radius 3 is 2.57 bits per heavy atom. The van der Waals surface area contributed by atoms with Gasteiger partial charge in [0.05, 0.1) is 36.3 Å². The van der Waals surface area contributed by atoms with E-state index in [1.54, 1.807) is 20.3 Å². The molecule has 4 aromatic rings. The van der Waals surface area contributed by atoms with Crippen LogP contribution in [0.15, 0.2) is 36.5 Å². The third kappa shape index (κ3) is 2.73. The molecule has 3 heterocycles. The molecule has 0 aliphatic heterocycles. The zero-order valence-corrected chi connectivity index (χ0v) is 17.1. The Morgan fingerprint density at radius 2 is 1.83 bits per heavy atom. The van der Waals surface area contributed by atoms with Crippen molar-refractivity contribution in [3.63, 3.8) is 0 Å². The Bertz CT molecular complexity index is 1260. The number of anilines is 1. The van der Waals surface area contributed by atoms with Crippen molar-refractivity contribution in [1.82, 2.24) is 14.5 Å². The van der Waals surface area contributed by atoms with Crippen LogP contribution < -0.4 is 15.2 Å². The number of rotatable bonds is 4. The fraction of sp³-hybridized carbons (Fsp3) is 0.304. The average Bonchev–Trinajstić information content (AvgIpc) is 3.41. The lowest BCUT2D eigenvalue weighted by Crippen LogP contribution is -2.01. The first-order chi connectivity index (χ1) is 14.6. The SMILES string of the molecule is COc1ccc(-c2cccc3c(N)c4c(O)n(C5CCCC5)cc4nc23)c(OC)n1. The second kappa shape index (κ2) is 7.09. The van der Waals surface area contributed by atoms with E-state index in [9.17, 15) is 5.11 Å². The molecule has 1 aromatic carbocycles. The van der Waals surface area contributed by atoms with Gasteiger partial charge in [-0.3, -0.25) is 0 Å². The summed E-state index contributed by atoms with van der Waals surface area (Å²) in [6.45, 7) is 0. The van der Waals surface area contributed by atoms with Crippen molar-refractivity contribution in [1.29, 1.82) is 0 Å². The monoisotopic (exact) mass is 404 g/mol. The smallest absolute Gasteiger partial charge is 0.224 e. The molecule has 3 N–H and O–H groups in total. The topological polar surface area (TPSA) is 95.4 Å². The van der Waals surface area contributed by atoms with Crippen LogP contribution in [-0.4, -0.2) is 33.9 Å². The number of aromatic nitrogens is 3. The van der Waals surface area contributed by atoms with Crippen molar-refractivity contribution < 1.29 is 14.6 Å². The highest BCUT2D eigenvalue weighted by atomic mass is 16.5. The molecule has 0 atom stereocenters. The van der Waals surface area contributed by atoms with Crippen LogP contribution in [0.5, 0.6) is 17.6 Å². The maximum Gasteiger partial charge on any atom is 0.224 e. The van der Waals surface area contributed by atoms with E-state index in [4.69, 9.17) is 20.2 Å². The molecule has 0 bridgehead atoms. The first kappa shape index (κ1) is 18.5. The summed E-state index contributed by atoms with van der Waals surface area (Å²) in [5, 5.41) is 12.3. The van der Waals surface area contributed by atoms with Gasteiger partial charge in [-0.25, -0.2) is 4.98 Å². The van der Waals surface area contributed by atoms with E-state index < -0.39 is 0 Å². The number of hydrogen-bond donors (Lipinski definition) is 2. The predicted molar refractivity (Wildman–Crippen MR) is 117 cm³/mol. The average molecular weight is 404 g/mol. The molecule has 0 amide bonds. The number of fused-ring (bicyclic) bond motifs is 2. The minimum Gasteiger partial charge on any atom is -0.494 e. The van der Waals surface area contributed by atoms with Gasteiger partial charge in [-0.15, -0.1) is 0 Å². The number of benzene rings is 1. The number of pyridine rings is 2. The highest BCUT2D eigenvalue weighted by molar-refractivity contribution is 6.12. The zero-order chi connectivity index (χ0) is 20.8. The molecule has 7 heteroatoms. The Hall–Kier alpha value is -3.48. The maximum absolute atomic E-state index is 10.9. The van der Waals surface area contributed by atoms with Crippen LogP contribution >= 0.6 is 0 Å². The van der Waals surface area contributed by atoms with Crippen molar-refractivity contribution in [2.24, 2.45) is 0 Å². The second-order valence-electron chi connectivity index (χ2n) is 7.70. The van der Waals surface area contributed by atoms with Gasteiger partial charge in [0, 0.05) is 34.8 Å². The molecule has 0 radical (unpaired) electrons. The largest absolute Gasteiger partial charge is 0.494 e. The number of nitrogens with zero attached hydrogens (tertiary/aromatic N) is 3. The summed E-state index contributed by atoms with van der Waals surface area (Å²) in [4.78, 5) is 9.31. The lowest BCUT2D eigenvalue weighted by molar-refractivity contribution is 0.366. The molecule has 30 heavy (non-hydrogen) atoms. The van der Waals surface area contributed by atoms with Crippen molar-refractivity contribution in [2.75, 3.05) is 20.0 Å². The van der Waals surface area contributed by atoms with Crippen LogP contribution in [0.3, 0.4) is 0 Å². The summed E-state index contributed by atoms with van der Waals surface area (Å²) in [6.07, 6.45) is 6.41. The van der Waals surface area contributed by atoms with Crippen molar-refractivity contribution in [3.05, 3.63) is 36.5 Å². The van der Waals surface area contributed by atoms with Gasteiger partial charge >= 0.3 is 0 Å². The summed E-state index contributed by atoms with van der Waals surface area (Å²) in [7, 11) is 3.15. The van der Waals surface area contributed by atoms with E-state index in [1.165, 1.54) is 12.8 Å². The van der Waals surface area contributed by atoms with E-state index >= 15 is 0 Å². The van der Waals surface area contributed by atoms with Gasteiger partial charge in [0.25, 0.3) is 0 Å². The number of para-hydroxylation sites is 1. The third-order valence-electron chi connectivity index (χ3n) is 6.06. The number of aromatic hydroxyl groups is 1. The molecule has 1 aliphatic carbocycles. The lowest BCUT2D eigenvalue weighted by atomic mass is 10.0. The van der Waals surface area contributed by atoms with Crippen LogP contribution in [0.4, 0.5) is 5.69 Å². The van der Waals surface area contributed by atoms with Gasteiger partial charge < -0.3 is 24.9 Å². The first-order valence-electron chi connectivity index (χ1n) is 10.1. The second-order valence-corrected chi connectivity index (χ2v) is 7.70. The van der Waals surface area contributed by atoms with E-state index in [0.29, 0.717) is 34.4 Å². The molecular weight excluding hydrogens is 380 g/mol. The quantitative estimate of drug-likeness (QED) is 0.513. The van der Waals surface area contributed by atoms with Crippen LogP contribution in [-0.2, 0) is 0 Å². The van der Waals surface area contributed by atoms with E-state index in [1.807, 2.05) is 35.0 Å². The molecular formula is C23H24N4O3. The van der Waals surface area contributed by atoms with E-state index in [-0.39, 0.29) is 5.88 Å². The van der Waals surface area contributed by atoms with Crippen molar-refractivity contribution in [2.45, 2.75) is 31.7 Å². The van der Waals surface area contributed by atoms with Gasteiger partial charge in [-0.2, -0.15) is 4.98 Å². The molecule has 1 aliphatic rings. The van der Waals surface area contributed by atoms with Crippen LogP contribution in [0.25, 0.3) is 32.9 Å². The fourth-order valence-electron chi connectivity index (χ4n) is 4.56. The maximum atomic E-state index is 10.9. The van der Waals surface area contributed by atoms with Gasteiger partial charge in [-0.1, -0.05) is 31.0 Å².